The molecule has 12 heteroatoms. The van der Waals surface area contributed by atoms with Crippen molar-refractivity contribution in [2.24, 2.45) is 0 Å². The number of ether oxygens (including phenoxy) is 2. The molecule has 2 amide bonds. The molecule has 208 valence electrons. The number of piperazine rings is 1. The van der Waals surface area contributed by atoms with Gasteiger partial charge in [0.1, 0.15) is 24.3 Å². The largest absolute Gasteiger partial charge is 0.609 e. The summed E-state index contributed by atoms with van der Waals surface area (Å²) >= 11 is -1.45. The Labute approximate surface area is 231 Å². The van der Waals surface area contributed by atoms with E-state index in [2.05, 4.69) is 16.0 Å². The Balaban J connectivity index is 1.53. The van der Waals surface area contributed by atoms with E-state index in [9.17, 15) is 19.4 Å². The van der Waals surface area contributed by atoms with Crippen molar-refractivity contribution in [3.63, 3.8) is 0 Å². The highest BCUT2D eigenvalue weighted by Crippen LogP contribution is 2.30. The number of aromatic nitrogens is 2. The maximum Gasteiger partial charge on any atom is 0.410 e. The summed E-state index contributed by atoms with van der Waals surface area (Å²) < 4.78 is 23.5. The van der Waals surface area contributed by atoms with Crippen molar-refractivity contribution in [2.75, 3.05) is 37.3 Å². The van der Waals surface area contributed by atoms with Crippen LogP contribution in [0.15, 0.2) is 35.5 Å². The second-order valence-corrected chi connectivity index (χ2v) is 11.8. The van der Waals surface area contributed by atoms with Crippen molar-refractivity contribution in [1.29, 1.82) is 5.26 Å². The van der Waals surface area contributed by atoms with Crippen molar-refractivity contribution >= 4 is 29.2 Å². The Morgan fingerprint density at radius 3 is 2.56 bits per heavy atom. The van der Waals surface area contributed by atoms with Crippen LogP contribution in [0, 0.1) is 11.3 Å². The normalized spacial score (nSPS) is 18.2. The summed E-state index contributed by atoms with van der Waals surface area (Å²) in [6.45, 7) is 7.40. The number of carbonyl (C=O) groups is 2. The number of nitriles is 1. The SMILES string of the molecule is C[S+]([O-])c1nc2c(c(N3CCN(C(=O)OC(C)(C)C)[C@@H](CC#N)C3)n1)CCN(C(=O)OCc1ccccc1)C2. The molecular formula is C27H34N6O5S. The van der Waals surface area contributed by atoms with Gasteiger partial charge in [-0.05, 0) is 32.8 Å². The minimum absolute atomic E-state index is 0.136. The van der Waals surface area contributed by atoms with E-state index in [1.165, 1.54) is 6.26 Å². The van der Waals surface area contributed by atoms with Crippen LogP contribution in [-0.2, 0) is 40.2 Å². The number of nitrogens with zero attached hydrogens (tertiary/aromatic N) is 6. The molecule has 11 nitrogen and oxygen atoms in total. The van der Waals surface area contributed by atoms with Gasteiger partial charge in [-0.1, -0.05) is 30.3 Å². The van der Waals surface area contributed by atoms with E-state index in [0.717, 1.165) is 11.1 Å². The van der Waals surface area contributed by atoms with Gasteiger partial charge in [-0.25, -0.2) is 9.59 Å². The van der Waals surface area contributed by atoms with Gasteiger partial charge in [0.05, 0.1) is 30.8 Å². The van der Waals surface area contributed by atoms with Crippen LogP contribution in [0.2, 0.25) is 0 Å². The lowest BCUT2D eigenvalue weighted by Gasteiger charge is -2.42. The summed E-state index contributed by atoms with van der Waals surface area (Å²) in [7, 11) is 0. The zero-order valence-electron chi connectivity index (χ0n) is 22.8. The molecule has 0 radical (unpaired) electrons. The van der Waals surface area contributed by atoms with Crippen LogP contribution in [0.4, 0.5) is 15.4 Å². The fraction of sp³-hybridized carbons (Fsp3) is 0.519. The molecule has 2 atom stereocenters. The van der Waals surface area contributed by atoms with Crippen LogP contribution in [0.5, 0.6) is 0 Å². The third kappa shape index (κ3) is 7.10. The quantitative estimate of drug-likeness (QED) is 0.403. The number of amides is 2. The van der Waals surface area contributed by atoms with Gasteiger partial charge in [-0.2, -0.15) is 15.2 Å². The first-order valence-electron chi connectivity index (χ1n) is 12.9. The van der Waals surface area contributed by atoms with E-state index >= 15 is 0 Å². The first kappa shape index (κ1) is 28.4. The van der Waals surface area contributed by atoms with Gasteiger partial charge >= 0.3 is 17.3 Å². The third-order valence-corrected chi connectivity index (χ3v) is 7.18. The van der Waals surface area contributed by atoms with Crippen LogP contribution in [0.3, 0.4) is 0 Å². The highest BCUT2D eigenvalue weighted by atomic mass is 32.2. The summed E-state index contributed by atoms with van der Waals surface area (Å²) in [6, 6.07) is 11.2. The molecule has 2 aromatic rings. The lowest BCUT2D eigenvalue weighted by molar-refractivity contribution is 0.0144. The molecule has 2 aliphatic heterocycles. The van der Waals surface area contributed by atoms with Gasteiger partial charge in [0.25, 0.3) is 0 Å². The second kappa shape index (κ2) is 12.1. The van der Waals surface area contributed by atoms with E-state index in [1.807, 2.05) is 35.2 Å². The van der Waals surface area contributed by atoms with Crippen molar-refractivity contribution in [3.8, 4) is 6.07 Å². The molecule has 0 bridgehead atoms. The Bertz CT molecular complexity index is 1230. The molecule has 1 aromatic heterocycles. The fourth-order valence-corrected chi connectivity index (χ4v) is 5.09. The van der Waals surface area contributed by atoms with E-state index in [1.54, 1.807) is 30.6 Å². The molecule has 0 aliphatic carbocycles. The van der Waals surface area contributed by atoms with Gasteiger partial charge in [0, 0.05) is 42.9 Å². The zero-order chi connectivity index (χ0) is 28.2. The van der Waals surface area contributed by atoms with E-state index < -0.39 is 35.0 Å². The van der Waals surface area contributed by atoms with Gasteiger partial charge in [0.2, 0.25) is 0 Å². The molecule has 39 heavy (non-hydrogen) atoms. The van der Waals surface area contributed by atoms with Crippen molar-refractivity contribution in [1.82, 2.24) is 19.8 Å². The lowest BCUT2D eigenvalue weighted by atomic mass is 10.0. The van der Waals surface area contributed by atoms with Crippen molar-refractivity contribution in [3.05, 3.63) is 47.2 Å². The first-order chi connectivity index (χ1) is 18.6. The van der Waals surface area contributed by atoms with Crippen molar-refractivity contribution in [2.45, 2.75) is 63.6 Å². The van der Waals surface area contributed by atoms with Crippen LogP contribution in [0.25, 0.3) is 0 Å². The molecule has 0 spiro atoms. The summed E-state index contributed by atoms with van der Waals surface area (Å²) in [5.74, 6) is 0.634. The van der Waals surface area contributed by atoms with Crippen LogP contribution in [-0.4, -0.2) is 80.6 Å². The number of hydrogen-bond donors (Lipinski definition) is 0. The Kier molecular flexibility index (Phi) is 8.82. The lowest BCUT2D eigenvalue weighted by Crippen LogP contribution is -2.56. The van der Waals surface area contributed by atoms with Crippen LogP contribution >= 0.6 is 0 Å². The number of fused-ring (bicyclic) bond motifs is 1. The molecule has 3 heterocycles. The maximum absolute atomic E-state index is 12.8. The van der Waals surface area contributed by atoms with E-state index in [-0.39, 0.29) is 24.7 Å². The minimum Gasteiger partial charge on any atom is -0.609 e. The molecule has 0 saturated carbocycles. The highest BCUT2D eigenvalue weighted by molar-refractivity contribution is 7.90. The predicted molar refractivity (Wildman–Crippen MR) is 144 cm³/mol. The van der Waals surface area contributed by atoms with Gasteiger partial charge in [-0.15, -0.1) is 0 Å². The summed E-state index contributed by atoms with van der Waals surface area (Å²) in [5, 5.41) is 9.63. The Morgan fingerprint density at radius 2 is 1.90 bits per heavy atom. The van der Waals surface area contributed by atoms with Gasteiger partial charge < -0.3 is 28.7 Å². The van der Waals surface area contributed by atoms with Crippen molar-refractivity contribution < 1.29 is 23.6 Å². The fourth-order valence-electron chi connectivity index (χ4n) is 4.63. The van der Waals surface area contributed by atoms with Crippen LogP contribution in [0.1, 0.15) is 44.0 Å². The van der Waals surface area contributed by atoms with Gasteiger partial charge in [0.15, 0.2) is 0 Å². The average molecular weight is 555 g/mol. The summed E-state index contributed by atoms with van der Waals surface area (Å²) in [4.78, 5) is 40.0. The topological polar surface area (TPSA) is 135 Å². The predicted octanol–water partition coefficient (Wildman–Crippen LogP) is 3.25. The molecule has 2 aliphatic rings. The molecular weight excluding hydrogens is 520 g/mol. The van der Waals surface area contributed by atoms with E-state index in [0.29, 0.717) is 44.1 Å². The number of anilines is 1. The summed E-state index contributed by atoms with van der Waals surface area (Å²) in [5.41, 5.74) is 1.75. The van der Waals surface area contributed by atoms with E-state index in [4.69, 9.17) is 9.47 Å². The third-order valence-electron chi connectivity index (χ3n) is 6.48. The zero-order valence-corrected chi connectivity index (χ0v) is 23.6. The number of rotatable bonds is 5. The monoisotopic (exact) mass is 554 g/mol. The molecule has 0 N–H and O–H groups in total. The number of carbonyl (C=O) groups excluding carboxylic acids is 2. The molecule has 1 aromatic carbocycles. The summed E-state index contributed by atoms with van der Waals surface area (Å²) in [6.07, 6.45) is 1.25. The smallest absolute Gasteiger partial charge is 0.410 e. The van der Waals surface area contributed by atoms with Gasteiger partial charge in [-0.3, -0.25) is 0 Å². The number of hydrogen-bond acceptors (Lipinski definition) is 9. The Hall–Kier alpha value is -3.56. The maximum atomic E-state index is 12.8. The standard InChI is InChI=1S/C27H34N6O5S/c1-27(2,3)38-26(35)33-15-14-31(16-20(33)10-12-28)23-21-11-13-32(17-22(21)29-24(30-23)39(4)36)25(34)37-18-19-8-6-5-7-9-19/h5-9,20H,10-11,13-18H2,1-4H3/t20-,39?/m0/s1. The molecule has 1 saturated heterocycles. The molecule has 1 unspecified atom stereocenters. The first-order valence-corrected chi connectivity index (χ1v) is 14.4. The highest BCUT2D eigenvalue weighted by Gasteiger charge is 2.36. The minimum atomic E-state index is -1.45. The molecule has 4 rings (SSSR count). The molecule has 1 fully saturated rings. The second-order valence-electron chi connectivity index (χ2n) is 10.6. The van der Waals surface area contributed by atoms with Crippen LogP contribution < -0.4 is 4.90 Å². The number of benzene rings is 1. The Morgan fingerprint density at radius 1 is 1.15 bits per heavy atom. The average Bonchev–Trinajstić information content (AvgIpc) is 2.90.